The Morgan fingerprint density at radius 1 is 1.56 bits per heavy atom. The van der Waals surface area contributed by atoms with E-state index in [1.54, 1.807) is 0 Å². The van der Waals surface area contributed by atoms with Gasteiger partial charge in [0.1, 0.15) is 0 Å². The maximum absolute atomic E-state index is 3.08. The van der Waals surface area contributed by atoms with E-state index in [0.29, 0.717) is 0 Å². The minimum Gasteiger partial charge on any atom is -0.102 e. The molecule has 1 aliphatic carbocycles. The van der Waals surface area contributed by atoms with Crippen LogP contribution in [-0.4, -0.2) is 0 Å². The summed E-state index contributed by atoms with van der Waals surface area (Å²) in [6.45, 7) is 1.89. The summed E-state index contributed by atoms with van der Waals surface area (Å²) in [6, 6.07) is 0. The van der Waals surface area contributed by atoms with Crippen molar-refractivity contribution in [1.82, 2.24) is 0 Å². The van der Waals surface area contributed by atoms with Gasteiger partial charge in [-0.25, -0.2) is 0 Å². The maximum atomic E-state index is 3.08. The Morgan fingerprint density at radius 2 is 2.44 bits per heavy atom. The van der Waals surface area contributed by atoms with Crippen molar-refractivity contribution in [3.8, 4) is 11.8 Å². The Balaban J connectivity index is 2.53. The highest BCUT2D eigenvalue weighted by atomic mass is 14.0. The molecule has 0 aliphatic heterocycles. The average Bonchev–Trinajstić information content (AvgIpc) is 1.91. The molecule has 0 saturated carbocycles. The second-order valence-corrected chi connectivity index (χ2v) is 2.17. The van der Waals surface area contributed by atoms with Gasteiger partial charge in [-0.05, 0) is 38.2 Å². The van der Waals surface area contributed by atoms with Gasteiger partial charge in [-0.2, -0.15) is 0 Å². The largest absolute Gasteiger partial charge is 0.102 e. The first-order chi connectivity index (χ1) is 4.43. The van der Waals surface area contributed by atoms with E-state index in [1.165, 1.54) is 12.0 Å². The molecule has 0 spiro atoms. The SMILES string of the molecule is CC#CC1=CC[CH]CC1. The smallest absolute Gasteiger partial charge is 0.00195 e. The summed E-state index contributed by atoms with van der Waals surface area (Å²) >= 11 is 0. The van der Waals surface area contributed by atoms with Gasteiger partial charge in [0.25, 0.3) is 0 Å². The van der Waals surface area contributed by atoms with E-state index >= 15 is 0 Å². The minimum absolute atomic E-state index is 1.12. The van der Waals surface area contributed by atoms with Gasteiger partial charge in [-0.15, -0.1) is 5.92 Å². The van der Waals surface area contributed by atoms with Gasteiger partial charge in [0.05, 0.1) is 0 Å². The van der Waals surface area contributed by atoms with Crippen LogP contribution in [0, 0.1) is 18.3 Å². The number of hydrogen-bond donors (Lipinski definition) is 0. The molecule has 1 rings (SSSR count). The molecule has 1 radical (unpaired) electrons. The molecule has 0 aromatic heterocycles. The number of rotatable bonds is 0. The quantitative estimate of drug-likeness (QED) is 0.429. The second kappa shape index (κ2) is 3.35. The lowest BCUT2D eigenvalue weighted by Gasteiger charge is -2.04. The van der Waals surface area contributed by atoms with Crippen molar-refractivity contribution in [3.05, 3.63) is 18.1 Å². The lowest BCUT2D eigenvalue weighted by molar-refractivity contribution is 0.868. The molecule has 0 heteroatoms. The van der Waals surface area contributed by atoms with Crippen molar-refractivity contribution in [3.63, 3.8) is 0 Å². The first-order valence-electron chi connectivity index (χ1n) is 3.37. The predicted octanol–water partition coefficient (Wildman–Crippen LogP) is 2.32. The van der Waals surface area contributed by atoms with Gasteiger partial charge < -0.3 is 0 Å². The van der Waals surface area contributed by atoms with Crippen molar-refractivity contribution < 1.29 is 0 Å². The fourth-order valence-corrected chi connectivity index (χ4v) is 0.977. The molecule has 0 amide bonds. The highest BCUT2D eigenvalue weighted by molar-refractivity contribution is 5.29. The molecule has 0 aromatic carbocycles. The Labute approximate surface area is 57.0 Å². The van der Waals surface area contributed by atoms with Gasteiger partial charge >= 0.3 is 0 Å². The highest BCUT2D eigenvalue weighted by Gasteiger charge is 1.98. The van der Waals surface area contributed by atoms with Crippen molar-refractivity contribution in [2.45, 2.75) is 26.2 Å². The van der Waals surface area contributed by atoms with Crippen LogP contribution in [0.1, 0.15) is 26.2 Å². The van der Waals surface area contributed by atoms with Gasteiger partial charge in [0.2, 0.25) is 0 Å². The highest BCUT2D eigenvalue weighted by Crippen LogP contribution is 2.14. The monoisotopic (exact) mass is 119 g/mol. The summed E-state index contributed by atoms with van der Waals surface area (Å²) in [4.78, 5) is 0. The zero-order valence-corrected chi connectivity index (χ0v) is 5.78. The van der Waals surface area contributed by atoms with Crippen molar-refractivity contribution in [1.29, 1.82) is 0 Å². The third-order valence-electron chi connectivity index (χ3n) is 1.43. The van der Waals surface area contributed by atoms with Crippen LogP contribution >= 0.6 is 0 Å². The zero-order valence-electron chi connectivity index (χ0n) is 5.78. The van der Waals surface area contributed by atoms with Crippen LogP contribution < -0.4 is 0 Å². The normalized spacial score (nSPS) is 17.7. The van der Waals surface area contributed by atoms with Gasteiger partial charge in [0, 0.05) is 0 Å². The summed E-state index contributed by atoms with van der Waals surface area (Å²) in [6.07, 6.45) is 7.98. The summed E-state index contributed by atoms with van der Waals surface area (Å²) < 4.78 is 0. The fourth-order valence-electron chi connectivity index (χ4n) is 0.977. The topological polar surface area (TPSA) is 0 Å². The van der Waals surface area contributed by atoms with Crippen molar-refractivity contribution >= 4 is 0 Å². The van der Waals surface area contributed by atoms with Crippen molar-refractivity contribution in [2.24, 2.45) is 0 Å². The van der Waals surface area contributed by atoms with Gasteiger partial charge in [-0.3, -0.25) is 0 Å². The Kier molecular flexibility index (Phi) is 2.39. The fraction of sp³-hybridized carbons (Fsp3) is 0.444. The van der Waals surface area contributed by atoms with Crippen molar-refractivity contribution in [2.75, 3.05) is 0 Å². The summed E-state index contributed by atoms with van der Waals surface area (Å²) in [7, 11) is 0. The van der Waals surface area contributed by atoms with E-state index in [9.17, 15) is 0 Å². The van der Waals surface area contributed by atoms with Gasteiger partial charge in [-0.1, -0.05) is 12.0 Å². The molecule has 0 fully saturated rings. The molecular weight excluding hydrogens is 108 g/mol. The standard InChI is InChI=1S/C9H11/c1-2-6-9-7-4-3-5-8-9/h3,7H,4-5,8H2,1H3. The molecule has 0 bridgehead atoms. The van der Waals surface area contributed by atoms with Crippen LogP contribution in [0.4, 0.5) is 0 Å². The summed E-state index contributed by atoms with van der Waals surface area (Å²) in [5.74, 6) is 5.98. The van der Waals surface area contributed by atoms with Crippen LogP contribution in [0.5, 0.6) is 0 Å². The molecule has 47 valence electrons. The lowest BCUT2D eigenvalue weighted by Crippen LogP contribution is -1.88. The van der Waals surface area contributed by atoms with Crippen LogP contribution in [0.25, 0.3) is 0 Å². The predicted molar refractivity (Wildman–Crippen MR) is 39.7 cm³/mol. The first-order valence-corrected chi connectivity index (χ1v) is 3.37. The summed E-state index contributed by atoms with van der Waals surface area (Å²) in [5, 5.41) is 0. The molecule has 0 N–H and O–H groups in total. The zero-order chi connectivity index (χ0) is 6.53. The first kappa shape index (κ1) is 6.42. The van der Waals surface area contributed by atoms with E-state index in [0.717, 1.165) is 12.8 Å². The van der Waals surface area contributed by atoms with Crippen LogP contribution in [0.3, 0.4) is 0 Å². The van der Waals surface area contributed by atoms with Gasteiger partial charge in [0.15, 0.2) is 0 Å². The molecule has 9 heavy (non-hydrogen) atoms. The number of hydrogen-bond acceptors (Lipinski definition) is 0. The lowest BCUT2D eigenvalue weighted by atomic mass is 10.0. The number of allylic oxidation sites excluding steroid dienone is 2. The second-order valence-electron chi connectivity index (χ2n) is 2.17. The van der Waals surface area contributed by atoms with E-state index in [-0.39, 0.29) is 0 Å². The van der Waals surface area contributed by atoms with Crippen LogP contribution in [0.15, 0.2) is 11.6 Å². The van der Waals surface area contributed by atoms with Crippen LogP contribution in [0.2, 0.25) is 0 Å². The molecule has 0 aromatic rings. The van der Waals surface area contributed by atoms with E-state index in [1.807, 2.05) is 6.92 Å². The molecule has 0 atom stereocenters. The third-order valence-corrected chi connectivity index (χ3v) is 1.43. The molecular formula is C9H11. The van der Waals surface area contributed by atoms with Crippen LogP contribution in [-0.2, 0) is 0 Å². The molecule has 0 unspecified atom stereocenters. The molecule has 0 heterocycles. The summed E-state index contributed by atoms with van der Waals surface area (Å²) in [5.41, 5.74) is 1.32. The minimum atomic E-state index is 1.12. The molecule has 0 saturated heterocycles. The Bertz CT molecular complexity index is 164. The van der Waals surface area contributed by atoms with E-state index in [4.69, 9.17) is 0 Å². The molecule has 0 nitrogen and oxygen atoms in total. The Hall–Kier alpha value is -0.700. The molecule has 1 aliphatic rings. The third kappa shape index (κ3) is 1.93. The maximum Gasteiger partial charge on any atom is -0.00195 e. The van der Waals surface area contributed by atoms with E-state index < -0.39 is 0 Å². The van der Waals surface area contributed by atoms with E-state index in [2.05, 4.69) is 24.3 Å². The average molecular weight is 119 g/mol. The Morgan fingerprint density at radius 3 is 3.00 bits per heavy atom.